The Morgan fingerprint density at radius 2 is 2.00 bits per heavy atom. The van der Waals surface area contributed by atoms with E-state index in [0.29, 0.717) is 23.7 Å². The van der Waals surface area contributed by atoms with Crippen molar-refractivity contribution in [3.8, 4) is 17.1 Å². The lowest BCUT2D eigenvalue weighted by Crippen LogP contribution is -2.11. The van der Waals surface area contributed by atoms with Gasteiger partial charge in [-0.15, -0.1) is 5.10 Å². The molecule has 3 aromatic rings. The number of hydrogen-bond donors (Lipinski definition) is 1. The van der Waals surface area contributed by atoms with Crippen LogP contribution in [0.4, 0.5) is 5.69 Å². The summed E-state index contributed by atoms with van der Waals surface area (Å²) in [5.74, 6) is 1.18. The lowest BCUT2D eigenvalue weighted by atomic mass is 10.1. The van der Waals surface area contributed by atoms with Crippen molar-refractivity contribution in [1.82, 2.24) is 20.2 Å². The lowest BCUT2D eigenvalue weighted by molar-refractivity contribution is 0.102. The quantitative estimate of drug-likeness (QED) is 0.780. The van der Waals surface area contributed by atoms with Gasteiger partial charge >= 0.3 is 0 Å². The van der Waals surface area contributed by atoms with E-state index in [1.165, 1.54) is 0 Å². The molecule has 24 heavy (non-hydrogen) atoms. The molecule has 0 aliphatic carbocycles. The van der Waals surface area contributed by atoms with Gasteiger partial charge in [-0.25, -0.2) is 4.68 Å². The van der Waals surface area contributed by atoms with Crippen molar-refractivity contribution in [1.29, 1.82) is 0 Å². The molecule has 1 N–H and O–H groups in total. The van der Waals surface area contributed by atoms with Gasteiger partial charge in [-0.2, -0.15) is 0 Å². The Morgan fingerprint density at radius 1 is 1.21 bits per heavy atom. The zero-order valence-electron chi connectivity index (χ0n) is 13.4. The number of hydrogen-bond acceptors (Lipinski definition) is 5. The van der Waals surface area contributed by atoms with Gasteiger partial charge in [-0.1, -0.05) is 12.1 Å². The second-order valence-electron chi connectivity index (χ2n) is 5.12. The van der Waals surface area contributed by atoms with Crippen molar-refractivity contribution in [2.75, 3.05) is 11.9 Å². The van der Waals surface area contributed by atoms with E-state index in [9.17, 15) is 4.79 Å². The van der Waals surface area contributed by atoms with Gasteiger partial charge in [-0.3, -0.25) is 4.79 Å². The van der Waals surface area contributed by atoms with E-state index in [2.05, 4.69) is 20.8 Å². The summed E-state index contributed by atoms with van der Waals surface area (Å²) >= 11 is 0. The maximum absolute atomic E-state index is 12.4. The third-order valence-corrected chi connectivity index (χ3v) is 3.43. The van der Waals surface area contributed by atoms with Gasteiger partial charge in [0.15, 0.2) is 5.82 Å². The van der Waals surface area contributed by atoms with Crippen LogP contribution in [-0.4, -0.2) is 32.7 Å². The van der Waals surface area contributed by atoms with Crippen LogP contribution >= 0.6 is 0 Å². The van der Waals surface area contributed by atoms with Crippen molar-refractivity contribution in [2.45, 2.75) is 6.92 Å². The molecule has 2 aromatic carbocycles. The Kier molecular flexibility index (Phi) is 4.51. The number of aryl methyl sites for hydroxylation is 1. The van der Waals surface area contributed by atoms with E-state index in [-0.39, 0.29) is 5.91 Å². The van der Waals surface area contributed by atoms with Gasteiger partial charge in [0, 0.05) is 23.9 Å². The van der Waals surface area contributed by atoms with E-state index in [1.54, 1.807) is 36.0 Å². The van der Waals surface area contributed by atoms with Crippen molar-refractivity contribution in [3.05, 3.63) is 54.1 Å². The van der Waals surface area contributed by atoms with Gasteiger partial charge in [0.25, 0.3) is 5.91 Å². The van der Waals surface area contributed by atoms with Gasteiger partial charge in [0.2, 0.25) is 0 Å². The number of nitrogens with one attached hydrogen (secondary N) is 1. The highest BCUT2D eigenvalue weighted by molar-refractivity contribution is 6.04. The summed E-state index contributed by atoms with van der Waals surface area (Å²) in [5.41, 5.74) is 2.06. The number of rotatable bonds is 5. The number of benzene rings is 2. The first-order chi connectivity index (χ1) is 11.7. The van der Waals surface area contributed by atoms with Crippen LogP contribution in [0.3, 0.4) is 0 Å². The smallest absolute Gasteiger partial charge is 0.255 e. The Bertz CT molecular complexity index is 842. The van der Waals surface area contributed by atoms with Crippen LogP contribution in [0.25, 0.3) is 11.4 Å². The summed E-state index contributed by atoms with van der Waals surface area (Å²) in [4.78, 5) is 12.4. The van der Waals surface area contributed by atoms with Crippen molar-refractivity contribution in [2.24, 2.45) is 7.05 Å². The van der Waals surface area contributed by atoms with Crippen molar-refractivity contribution >= 4 is 11.6 Å². The predicted molar refractivity (Wildman–Crippen MR) is 89.8 cm³/mol. The molecule has 0 radical (unpaired) electrons. The average molecular weight is 323 g/mol. The molecule has 0 saturated heterocycles. The second kappa shape index (κ2) is 6.91. The molecular weight excluding hydrogens is 306 g/mol. The predicted octanol–water partition coefficient (Wildman–Crippen LogP) is 2.53. The number of ether oxygens (including phenoxy) is 1. The van der Waals surface area contributed by atoms with E-state index in [4.69, 9.17) is 4.74 Å². The van der Waals surface area contributed by atoms with E-state index in [0.717, 1.165) is 11.3 Å². The summed E-state index contributed by atoms with van der Waals surface area (Å²) in [6, 6.07) is 14.4. The number of anilines is 1. The summed E-state index contributed by atoms with van der Waals surface area (Å²) in [6.07, 6.45) is 0. The fourth-order valence-electron chi connectivity index (χ4n) is 2.28. The molecule has 0 unspecified atom stereocenters. The summed E-state index contributed by atoms with van der Waals surface area (Å²) in [7, 11) is 1.76. The van der Waals surface area contributed by atoms with E-state index < -0.39 is 0 Å². The van der Waals surface area contributed by atoms with Crippen LogP contribution in [0.5, 0.6) is 5.75 Å². The van der Waals surface area contributed by atoms with Gasteiger partial charge in [0.05, 0.1) is 6.61 Å². The molecular formula is C17H17N5O2. The highest BCUT2D eigenvalue weighted by Crippen LogP contribution is 2.20. The Hall–Kier alpha value is -3.22. The van der Waals surface area contributed by atoms with E-state index >= 15 is 0 Å². The second-order valence-corrected chi connectivity index (χ2v) is 5.12. The molecule has 1 amide bonds. The molecule has 7 heteroatoms. The number of carbonyl (C=O) groups is 1. The number of nitrogens with zero attached hydrogens (tertiary/aromatic N) is 4. The molecule has 1 aromatic heterocycles. The molecule has 0 atom stereocenters. The van der Waals surface area contributed by atoms with Crippen molar-refractivity contribution in [3.63, 3.8) is 0 Å². The highest BCUT2D eigenvalue weighted by atomic mass is 16.5. The topological polar surface area (TPSA) is 81.9 Å². The van der Waals surface area contributed by atoms with Crippen LogP contribution in [0.2, 0.25) is 0 Å². The lowest BCUT2D eigenvalue weighted by Gasteiger charge is -2.08. The largest absolute Gasteiger partial charge is 0.494 e. The third kappa shape index (κ3) is 3.40. The fraction of sp³-hybridized carbons (Fsp3) is 0.176. The fourth-order valence-corrected chi connectivity index (χ4v) is 2.28. The molecule has 3 rings (SSSR count). The SMILES string of the molecule is CCOc1ccc(C(=O)Nc2cccc(-c3nnnn3C)c2)cc1. The van der Waals surface area contributed by atoms with Crippen LogP contribution in [-0.2, 0) is 7.05 Å². The van der Waals surface area contributed by atoms with Crippen LogP contribution in [0.1, 0.15) is 17.3 Å². The number of carbonyl (C=O) groups excluding carboxylic acids is 1. The first-order valence-corrected chi connectivity index (χ1v) is 7.54. The molecule has 1 heterocycles. The van der Waals surface area contributed by atoms with Crippen LogP contribution in [0.15, 0.2) is 48.5 Å². The standard InChI is InChI=1S/C17H17N5O2/c1-3-24-15-9-7-12(8-10-15)17(23)18-14-6-4-5-13(11-14)16-19-20-21-22(16)2/h4-11H,3H2,1-2H3,(H,18,23). The summed E-state index contributed by atoms with van der Waals surface area (Å²) in [6.45, 7) is 2.51. The average Bonchev–Trinajstić information content (AvgIpc) is 3.02. The monoisotopic (exact) mass is 323 g/mol. The molecule has 7 nitrogen and oxygen atoms in total. The number of tetrazole rings is 1. The third-order valence-electron chi connectivity index (χ3n) is 3.43. The van der Waals surface area contributed by atoms with Crippen LogP contribution in [0, 0.1) is 0 Å². The summed E-state index contributed by atoms with van der Waals surface area (Å²) in [5, 5.41) is 14.3. The molecule has 0 saturated carbocycles. The molecule has 0 spiro atoms. The van der Waals surface area contributed by atoms with E-state index in [1.807, 2.05) is 31.2 Å². The Labute approximate surface area is 139 Å². The maximum Gasteiger partial charge on any atom is 0.255 e. The number of aromatic nitrogens is 4. The minimum Gasteiger partial charge on any atom is -0.494 e. The van der Waals surface area contributed by atoms with Gasteiger partial charge < -0.3 is 10.1 Å². The molecule has 0 fully saturated rings. The Balaban J connectivity index is 1.76. The maximum atomic E-state index is 12.4. The molecule has 0 aliphatic heterocycles. The Morgan fingerprint density at radius 3 is 2.67 bits per heavy atom. The minimum atomic E-state index is -0.189. The first-order valence-electron chi connectivity index (χ1n) is 7.54. The summed E-state index contributed by atoms with van der Waals surface area (Å²) < 4.78 is 6.95. The van der Waals surface area contributed by atoms with Gasteiger partial charge in [-0.05, 0) is 53.7 Å². The normalized spacial score (nSPS) is 10.4. The minimum absolute atomic E-state index is 0.189. The highest BCUT2D eigenvalue weighted by Gasteiger charge is 2.09. The zero-order chi connectivity index (χ0) is 16.9. The van der Waals surface area contributed by atoms with Gasteiger partial charge in [0.1, 0.15) is 5.75 Å². The first kappa shape index (κ1) is 15.7. The number of amides is 1. The molecule has 0 aliphatic rings. The van der Waals surface area contributed by atoms with Crippen molar-refractivity contribution < 1.29 is 9.53 Å². The zero-order valence-corrected chi connectivity index (χ0v) is 13.4. The molecule has 122 valence electrons. The van der Waals surface area contributed by atoms with Crippen LogP contribution < -0.4 is 10.1 Å². The molecule has 0 bridgehead atoms.